The molecule has 3 aromatic heterocycles. The van der Waals surface area contributed by atoms with E-state index in [0.29, 0.717) is 33.4 Å². The molecule has 7 nitrogen and oxygen atoms in total. The number of ketones is 1. The van der Waals surface area contributed by atoms with Crippen LogP contribution in [-0.4, -0.2) is 31.1 Å². The van der Waals surface area contributed by atoms with Crippen molar-refractivity contribution in [2.45, 2.75) is 19.5 Å². The number of aliphatic hydroxyl groups excluding tert-OH is 1. The molecule has 0 bridgehead atoms. The van der Waals surface area contributed by atoms with E-state index in [1.54, 1.807) is 66.1 Å². The number of aromatic nitrogens is 2. The molecule has 0 radical (unpaired) electrons. The predicted molar refractivity (Wildman–Crippen MR) is 118 cm³/mol. The van der Waals surface area contributed by atoms with Gasteiger partial charge in [0.05, 0.1) is 30.1 Å². The van der Waals surface area contributed by atoms with Crippen LogP contribution in [-0.2, 0) is 16.1 Å². The zero-order chi connectivity index (χ0) is 22.4. The molecule has 1 aliphatic heterocycles. The van der Waals surface area contributed by atoms with Gasteiger partial charge in [0.1, 0.15) is 17.1 Å². The summed E-state index contributed by atoms with van der Waals surface area (Å²) in [5.74, 6) is -1.23. The lowest BCUT2D eigenvalue weighted by Crippen LogP contribution is -2.29. The molecule has 0 aliphatic carbocycles. The second kappa shape index (κ2) is 7.69. The average Bonchev–Trinajstić information content (AvgIpc) is 3.47. The lowest BCUT2D eigenvalue weighted by molar-refractivity contribution is -0.140. The van der Waals surface area contributed by atoms with Gasteiger partial charge in [0.2, 0.25) is 0 Å². The van der Waals surface area contributed by atoms with Crippen LogP contribution in [0.5, 0.6) is 0 Å². The van der Waals surface area contributed by atoms with Crippen molar-refractivity contribution in [1.82, 2.24) is 14.3 Å². The summed E-state index contributed by atoms with van der Waals surface area (Å²) < 4.78 is 7.11. The van der Waals surface area contributed by atoms with E-state index in [4.69, 9.17) is 16.0 Å². The van der Waals surface area contributed by atoms with E-state index in [1.165, 1.54) is 11.2 Å². The molecule has 8 heteroatoms. The quantitative estimate of drug-likeness (QED) is 0.282. The van der Waals surface area contributed by atoms with Crippen LogP contribution < -0.4 is 0 Å². The van der Waals surface area contributed by atoms with Crippen LogP contribution >= 0.6 is 11.6 Å². The molecular formula is C24H18ClN3O4. The highest BCUT2D eigenvalue weighted by atomic mass is 35.5. The third-order valence-electron chi connectivity index (χ3n) is 5.56. The number of fused-ring (bicyclic) bond motifs is 1. The van der Waals surface area contributed by atoms with Crippen molar-refractivity contribution in [2.24, 2.45) is 0 Å². The standard InChI is InChI=1S/C24H18ClN3O4/c1-14-20(27-11-3-2-6-18(27)26-14)22(29)19-21(15-7-9-16(25)10-8-15)28(24(31)23(19)30)13-17-5-4-12-32-17/h2-12,21,29H,13H2,1H3/b22-19+. The van der Waals surface area contributed by atoms with E-state index in [9.17, 15) is 14.7 Å². The van der Waals surface area contributed by atoms with E-state index in [2.05, 4.69) is 4.98 Å². The van der Waals surface area contributed by atoms with Gasteiger partial charge in [-0.3, -0.25) is 14.0 Å². The lowest BCUT2D eigenvalue weighted by atomic mass is 9.96. The highest BCUT2D eigenvalue weighted by Gasteiger charge is 2.46. The zero-order valence-corrected chi connectivity index (χ0v) is 17.8. The Kier molecular flexibility index (Phi) is 4.83. The van der Waals surface area contributed by atoms with Crippen molar-refractivity contribution in [3.05, 3.63) is 100 Å². The maximum absolute atomic E-state index is 13.2. The number of carbonyl (C=O) groups is 2. The number of carbonyl (C=O) groups excluding carboxylic acids is 2. The third-order valence-corrected chi connectivity index (χ3v) is 5.81. The molecule has 1 N–H and O–H groups in total. The number of hydrogen-bond donors (Lipinski definition) is 1. The minimum Gasteiger partial charge on any atom is -0.505 e. The number of pyridine rings is 1. The fourth-order valence-corrected chi connectivity index (χ4v) is 4.26. The summed E-state index contributed by atoms with van der Waals surface area (Å²) >= 11 is 6.06. The van der Waals surface area contributed by atoms with Crippen molar-refractivity contribution in [2.75, 3.05) is 0 Å². The number of nitrogens with zero attached hydrogens (tertiary/aromatic N) is 3. The normalized spacial score (nSPS) is 18.1. The highest BCUT2D eigenvalue weighted by Crippen LogP contribution is 2.41. The van der Waals surface area contributed by atoms with Gasteiger partial charge in [-0.1, -0.05) is 29.8 Å². The summed E-state index contributed by atoms with van der Waals surface area (Å²) in [6.07, 6.45) is 3.26. The molecule has 1 atom stereocenters. The molecule has 1 aliphatic rings. The van der Waals surface area contributed by atoms with E-state index in [0.717, 1.165) is 0 Å². The Balaban J connectivity index is 1.72. The molecular weight excluding hydrogens is 430 g/mol. The fraction of sp³-hybridized carbons (Fsp3) is 0.125. The number of likely N-dealkylation sites (tertiary alicyclic amines) is 1. The topological polar surface area (TPSA) is 88.0 Å². The molecule has 5 rings (SSSR count). The molecule has 1 fully saturated rings. The van der Waals surface area contributed by atoms with Crippen molar-refractivity contribution < 1.29 is 19.1 Å². The summed E-state index contributed by atoms with van der Waals surface area (Å²) in [5.41, 5.74) is 2.18. The second-order valence-electron chi connectivity index (χ2n) is 7.53. The van der Waals surface area contributed by atoms with Crippen molar-refractivity contribution in [1.29, 1.82) is 0 Å². The number of halogens is 1. The minimum atomic E-state index is -0.814. The number of imidazole rings is 1. The van der Waals surface area contributed by atoms with Gasteiger partial charge in [-0.15, -0.1) is 0 Å². The SMILES string of the molecule is Cc1nc2ccccn2c1/C(O)=C1\C(=O)C(=O)N(Cc2ccco2)C1c1ccc(Cl)cc1. The van der Waals surface area contributed by atoms with E-state index >= 15 is 0 Å². The first-order valence-corrected chi connectivity index (χ1v) is 10.3. The van der Waals surface area contributed by atoms with Gasteiger partial charge in [-0.05, 0) is 48.9 Å². The van der Waals surface area contributed by atoms with Crippen molar-refractivity contribution in [3.63, 3.8) is 0 Å². The molecule has 1 aromatic carbocycles. The number of hydrogen-bond acceptors (Lipinski definition) is 5. The highest BCUT2D eigenvalue weighted by molar-refractivity contribution is 6.46. The first-order chi connectivity index (χ1) is 15.5. The minimum absolute atomic E-state index is 0.00219. The zero-order valence-electron chi connectivity index (χ0n) is 17.0. The Bertz CT molecular complexity index is 1370. The first kappa shape index (κ1) is 20.1. The Hall–Kier alpha value is -3.84. The van der Waals surface area contributed by atoms with Gasteiger partial charge in [-0.25, -0.2) is 4.98 Å². The molecule has 160 valence electrons. The number of benzene rings is 1. The maximum Gasteiger partial charge on any atom is 0.296 e. The molecule has 1 amide bonds. The largest absolute Gasteiger partial charge is 0.505 e. The molecule has 0 spiro atoms. The Labute approximate surface area is 188 Å². The van der Waals surface area contributed by atoms with Gasteiger partial charge in [-0.2, -0.15) is 0 Å². The number of aliphatic hydroxyl groups is 1. The third kappa shape index (κ3) is 3.18. The van der Waals surface area contributed by atoms with Gasteiger partial charge < -0.3 is 14.4 Å². The number of Topliss-reactive ketones (excluding diaryl/α,β-unsaturated/α-hetero) is 1. The average molecular weight is 448 g/mol. The van der Waals surface area contributed by atoms with Crippen LogP contribution in [0.1, 0.15) is 28.8 Å². The van der Waals surface area contributed by atoms with E-state index in [1.807, 2.05) is 6.07 Å². The summed E-state index contributed by atoms with van der Waals surface area (Å²) in [6, 6.07) is 14.9. The van der Waals surface area contributed by atoms with Gasteiger partial charge >= 0.3 is 0 Å². The number of amides is 1. The maximum atomic E-state index is 13.2. The van der Waals surface area contributed by atoms with Crippen LogP contribution in [0.3, 0.4) is 0 Å². The summed E-state index contributed by atoms with van der Waals surface area (Å²) in [5, 5.41) is 11.9. The number of aryl methyl sites for hydroxylation is 1. The Morgan fingerprint density at radius 1 is 1.12 bits per heavy atom. The van der Waals surface area contributed by atoms with Gasteiger partial charge in [0.15, 0.2) is 5.76 Å². The van der Waals surface area contributed by atoms with Gasteiger partial charge in [0.25, 0.3) is 11.7 Å². The van der Waals surface area contributed by atoms with Gasteiger partial charge in [0, 0.05) is 11.2 Å². The van der Waals surface area contributed by atoms with Crippen molar-refractivity contribution in [3.8, 4) is 0 Å². The van der Waals surface area contributed by atoms with Crippen LogP contribution in [0, 0.1) is 6.92 Å². The number of furan rings is 1. The monoisotopic (exact) mass is 447 g/mol. The molecule has 1 saturated heterocycles. The van der Waals surface area contributed by atoms with Crippen LogP contribution in [0.25, 0.3) is 11.4 Å². The molecule has 0 saturated carbocycles. The Morgan fingerprint density at radius 3 is 2.62 bits per heavy atom. The molecule has 4 aromatic rings. The number of rotatable bonds is 4. The fourth-order valence-electron chi connectivity index (χ4n) is 4.13. The van der Waals surface area contributed by atoms with Crippen LogP contribution in [0.15, 0.2) is 77.0 Å². The van der Waals surface area contributed by atoms with E-state index in [-0.39, 0.29) is 17.9 Å². The van der Waals surface area contributed by atoms with Crippen LogP contribution in [0.4, 0.5) is 0 Å². The second-order valence-corrected chi connectivity index (χ2v) is 7.97. The molecule has 1 unspecified atom stereocenters. The molecule has 32 heavy (non-hydrogen) atoms. The van der Waals surface area contributed by atoms with E-state index < -0.39 is 17.7 Å². The lowest BCUT2D eigenvalue weighted by Gasteiger charge is -2.24. The summed E-state index contributed by atoms with van der Waals surface area (Å²) in [7, 11) is 0. The van der Waals surface area contributed by atoms with Crippen LogP contribution in [0.2, 0.25) is 5.02 Å². The summed E-state index contributed by atoms with van der Waals surface area (Å²) in [4.78, 5) is 32.1. The Morgan fingerprint density at radius 2 is 1.91 bits per heavy atom. The molecule has 4 heterocycles. The smallest absolute Gasteiger partial charge is 0.296 e. The predicted octanol–water partition coefficient (Wildman–Crippen LogP) is 4.51. The van der Waals surface area contributed by atoms with Crippen molar-refractivity contribution >= 4 is 34.7 Å². The first-order valence-electron chi connectivity index (χ1n) is 9.96. The summed E-state index contributed by atoms with van der Waals surface area (Å²) in [6.45, 7) is 1.83.